The normalized spacial score (nSPS) is 10.2. The van der Waals surface area contributed by atoms with Gasteiger partial charge in [-0.3, -0.25) is 4.79 Å². The van der Waals surface area contributed by atoms with E-state index in [1.165, 1.54) is 6.92 Å². The minimum atomic E-state index is -0.0746. The third-order valence-corrected chi connectivity index (χ3v) is 2.68. The monoisotopic (exact) mass is 250 g/mol. The zero-order valence-corrected chi connectivity index (χ0v) is 11.1. The Balaban J connectivity index is 2.79. The summed E-state index contributed by atoms with van der Waals surface area (Å²) in [6, 6.07) is 7.71. The Morgan fingerprint density at radius 3 is 2.78 bits per heavy atom. The number of aliphatic hydroxyl groups is 1. The number of carbonyl (C=O) groups is 1. The zero-order valence-electron chi connectivity index (χ0n) is 11.1. The molecule has 0 aromatic heterocycles. The first-order chi connectivity index (χ1) is 8.67. The fraction of sp³-hybridized carbons (Fsp3) is 0.500. The highest BCUT2D eigenvalue weighted by Gasteiger charge is 2.06. The number of hydrogen-bond donors (Lipinski definition) is 2. The van der Waals surface area contributed by atoms with E-state index >= 15 is 0 Å². The molecule has 4 nitrogen and oxygen atoms in total. The quantitative estimate of drug-likeness (QED) is 0.780. The van der Waals surface area contributed by atoms with Crippen LogP contribution in [0.25, 0.3) is 0 Å². The van der Waals surface area contributed by atoms with Crippen LogP contribution in [-0.4, -0.2) is 30.7 Å². The van der Waals surface area contributed by atoms with E-state index in [9.17, 15) is 4.79 Å². The molecule has 0 radical (unpaired) electrons. The topological polar surface area (TPSA) is 52.6 Å². The van der Waals surface area contributed by atoms with Crippen LogP contribution >= 0.6 is 0 Å². The van der Waals surface area contributed by atoms with E-state index < -0.39 is 0 Å². The highest BCUT2D eigenvalue weighted by Crippen LogP contribution is 2.19. The highest BCUT2D eigenvalue weighted by atomic mass is 16.3. The summed E-state index contributed by atoms with van der Waals surface area (Å²) in [6.07, 6.45) is 2.21. The van der Waals surface area contributed by atoms with Gasteiger partial charge in [-0.2, -0.15) is 0 Å². The van der Waals surface area contributed by atoms with Crippen molar-refractivity contribution >= 4 is 17.3 Å². The van der Waals surface area contributed by atoms with Crippen molar-refractivity contribution in [3.63, 3.8) is 0 Å². The van der Waals surface area contributed by atoms with Gasteiger partial charge in [0.1, 0.15) is 0 Å². The van der Waals surface area contributed by atoms with E-state index in [2.05, 4.69) is 17.1 Å². The van der Waals surface area contributed by atoms with Crippen molar-refractivity contribution in [1.82, 2.24) is 0 Å². The van der Waals surface area contributed by atoms with E-state index in [4.69, 9.17) is 5.11 Å². The molecule has 1 amide bonds. The Morgan fingerprint density at radius 2 is 2.17 bits per heavy atom. The van der Waals surface area contributed by atoms with E-state index in [0.29, 0.717) is 6.54 Å². The van der Waals surface area contributed by atoms with Gasteiger partial charge in [0.15, 0.2) is 0 Å². The van der Waals surface area contributed by atoms with Crippen molar-refractivity contribution in [1.29, 1.82) is 0 Å². The van der Waals surface area contributed by atoms with E-state index in [1.807, 2.05) is 24.3 Å². The molecule has 4 heteroatoms. The van der Waals surface area contributed by atoms with Gasteiger partial charge in [-0.05, 0) is 24.6 Å². The number of hydrogen-bond acceptors (Lipinski definition) is 3. The minimum Gasteiger partial charge on any atom is -0.395 e. The van der Waals surface area contributed by atoms with Crippen molar-refractivity contribution in [2.24, 2.45) is 0 Å². The summed E-state index contributed by atoms with van der Waals surface area (Å²) in [4.78, 5) is 13.2. The number of amides is 1. The fourth-order valence-corrected chi connectivity index (χ4v) is 1.82. The Morgan fingerprint density at radius 1 is 1.39 bits per heavy atom. The number of nitrogens with zero attached hydrogens (tertiary/aromatic N) is 1. The number of unbranched alkanes of at least 4 members (excludes halogenated alkanes) is 1. The molecule has 0 saturated carbocycles. The molecule has 1 rings (SSSR count). The first-order valence-corrected chi connectivity index (χ1v) is 6.40. The van der Waals surface area contributed by atoms with Crippen LogP contribution in [0.4, 0.5) is 11.4 Å². The van der Waals surface area contributed by atoms with Crippen LogP contribution in [0, 0.1) is 0 Å². The molecule has 0 unspecified atom stereocenters. The minimum absolute atomic E-state index is 0.0746. The van der Waals surface area contributed by atoms with Crippen molar-refractivity contribution in [2.45, 2.75) is 26.7 Å². The van der Waals surface area contributed by atoms with E-state index in [0.717, 1.165) is 30.8 Å². The molecule has 1 aromatic carbocycles. The zero-order chi connectivity index (χ0) is 13.4. The molecule has 0 heterocycles. The summed E-state index contributed by atoms with van der Waals surface area (Å²) in [5.41, 5.74) is 1.82. The Kier molecular flexibility index (Phi) is 6.22. The van der Waals surface area contributed by atoms with Crippen molar-refractivity contribution in [3.05, 3.63) is 24.3 Å². The molecule has 0 saturated heterocycles. The maximum Gasteiger partial charge on any atom is 0.221 e. The van der Waals surface area contributed by atoms with Gasteiger partial charge in [-0.25, -0.2) is 0 Å². The number of carbonyl (C=O) groups excluding carboxylic acids is 1. The van der Waals surface area contributed by atoms with Gasteiger partial charge < -0.3 is 15.3 Å². The van der Waals surface area contributed by atoms with Crippen molar-refractivity contribution in [2.75, 3.05) is 29.9 Å². The van der Waals surface area contributed by atoms with Crippen LogP contribution in [0.15, 0.2) is 24.3 Å². The second-order valence-corrected chi connectivity index (χ2v) is 4.30. The summed E-state index contributed by atoms with van der Waals surface area (Å²) in [6.45, 7) is 5.30. The molecule has 2 N–H and O–H groups in total. The lowest BCUT2D eigenvalue weighted by atomic mass is 10.2. The Bertz CT molecular complexity index is 380. The van der Waals surface area contributed by atoms with Crippen LogP contribution in [0.5, 0.6) is 0 Å². The smallest absolute Gasteiger partial charge is 0.221 e. The first kappa shape index (κ1) is 14.5. The van der Waals surface area contributed by atoms with Crippen LogP contribution in [0.3, 0.4) is 0 Å². The molecule has 0 spiro atoms. The van der Waals surface area contributed by atoms with Crippen molar-refractivity contribution in [3.8, 4) is 0 Å². The van der Waals surface area contributed by atoms with E-state index in [1.54, 1.807) is 0 Å². The molecule has 100 valence electrons. The van der Waals surface area contributed by atoms with Crippen LogP contribution in [0.1, 0.15) is 26.7 Å². The maximum absolute atomic E-state index is 11.0. The van der Waals surface area contributed by atoms with Gasteiger partial charge in [-0.15, -0.1) is 0 Å². The lowest BCUT2D eigenvalue weighted by Gasteiger charge is -2.24. The van der Waals surface area contributed by atoms with Gasteiger partial charge in [-0.1, -0.05) is 19.4 Å². The number of anilines is 2. The average Bonchev–Trinajstić information content (AvgIpc) is 2.34. The predicted octanol–water partition coefficient (Wildman–Crippen LogP) is 2.24. The average molecular weight is 250 g/mol. The molecule has 0 bridgehead atoms. The molecular formula is C14H22N2O2. The number of aliphatic hydroxyl groups excluding tert-OH is 1. The van der Waals surface area contributed by atoms with Gasteiger partial charge >= 0.3 is 0 Å². The Labute approximate surface area is 109 Å². The molecule has 0 aliphatic rings. The van der Waals surface area contributed by atoms with Gasteiger partial charge in [0, 0.05) is 31.4 Å². The predicted molar refractivity (Wildman–Crippen MR) is 75.0 cm³/mol. The third kappa shape index (κ3) is 4.75. The van der Waals surface area contributed by atoms with Crippen molar-refractivity contribution < 1.29 is 9.90 Å². The fourth-order valence-electron chi connectivity index (χ4n) is 1.82. The van der Waals surface area contributed by atoms with Gasteiger partial charge in [0.25, 0.3) is 0 Å². The Hall–Kier alpha value is -1.55. The molecule has 1 aromatic rings. The summed E-state index contributed by atoms with van der Waals surface area (Å²) in [5.74, 6) is -0.0746. The summed E-state index contributed by atoms with van der Waals surface area (Å²) in [7, 11) is 0. The number of rotatable bonds is 7. The molecule has 0 atom stereocenters. The lowest BCUT2D eigenvalue weighted by Crippen LogP contribution is -2.27. The van der Waals surface area contributed by atoms with Crippen LogP contribution < -0.4 is 10.2 Å². The lowest BCUT2D eigenvalue weighted by molar-refractivity contribution is -0.114. The third-order valence-electron chi connectivity index (χ3n) is 2.68. The molecular weight excluding hydrogens is 228 g/mol. The largest absolute Gasteiger partial charge is 0.395 e. The van der Waals surface area contributed by atoms with Crippen LogP contribution in [0.2, 0.25) is 0 Å². The summed E-state index contributed by atoms with van der Waals surface area (Å²) in [5, 5.41) is 11.9. The first-order valence-electron chi connectivity index (χ1n) is 6.40. The SMILES string of the molecule is CCCCN(CCO)c1cccc(NC(C)=O)c1. The molecule has 0 aliphatic carbocycles. The summed E-state index contributed by atoms with van der Waals surface area (Å²) >= 11 is 0. The summed E-state index contributed by atoms with van der Waals surface area (Å²) < 4.78 is 0. The second kappa shape index (κ2) is 7.71. The highest BCUT2D eigenvalue weighted by molar-refractivity contribution is 5.89. The molecule has 18 heavy (non-hydrogen) atoms. The second-order valence-electron chi connectivity index (χ2n) is 4.30. The van der Waals surface area contributed by atoms with E-state index in [-0.39, 0.29) is 12.5 Å². The maximum atomic E-state index is 11.0. The number of nitrogens with one attached hydrogen (secondary N) is 1. The van der Waals surface area contributed by atoms with Gasteiger partial charge in [0.05, 0.1) is 6.61 Å². The van der Waals surface area contributed by atoms with Gasteiger partial charge in [0.2, 0.25) is 5.91 Å². The van der Waals surface area contributed by atoms with Crippen LogP contribution in [-0.2, 0) is 4.79 Å². The molecule has 0 aliphatic heterocycles. The standard InChI is InChI=1S/C14H22N2O2/c1-3-4-8-16(9-10-17)14-7-5-6-13(11-14)15-12(2)18/h5-7,11,17H,3-4,8-10H2,1-2H3,(H,15,18). The number of benzene rings is 1. The molecule has 0 fully saturated rings.